The van der Waals surface area contributed by atoms with Crippen molar-refractivity contribution in [3.8, 4) is 0 Å². The van der Waals surface area contributed by atoms with Crippen LogP contribution in [0, 0.1) is 5.92 Å². The molecule has 1 saturated carbocycles. The van der Waals surface area contributed by atoms with E-state index in [0.717, 1.165) is 19.4 Å². The largest absolute Gasteiger partial charge is 0.468 e. The normalized spacial score (nSPS) is 20.4. The molecule has 1 unspecified atom stereocenters. The van der Waals surface area contributed by atoms with Crippen LogP contribution < -0.4 is 5.32 Å². The number of esters is 1. The second-order valence-corrected chi connectivity index (χ2v) is 3.96. The molecule has 14 heavy (non-hydrogen) atoms. The van der Waals surface area contributed by atoms with Crippen molar-refractivity contribution in [2.45, 2.75) is 45.1 Å². The Morgan fingerprint density at radius 3 is 2.57 bits per heavy atom. The van der Waals surface area contributed by atoms with Crippen LogP contribution >= 0.6 is 0 Å². The van der Waals surface area contributed by atoms with E-state index in [2.05, 4.69) is 5.32 Å². The van der Waals surface area contributed by atoms with Crippen LogP contribution in [0.15, 0.2) is 0 Å². The van der Waals surface area contributed by atoms with E-state index in [1.54, 1.807) is 0 Å². The second-order valence-electron chi connectivity index (χ2n) is 3.96. The molecule has 0 radical (unpaired) electrons. The van der Waals surface area contributed by atoms with E-state index < -0.39 is 0 Å². The number of nitrogens with one attached hydrogen (secondary N) is 1. The first-order chi connectivity index (χ1) is 6.79. The standard InChI is InChI=1S/C11H21NO2/c1-3-12-10(11(13)14-2)9-7-5-4-6-8-9/h9-10,12H,3-8H2,1-2H3. The molecule has 0 heterocycles. The Balaban J connectivity index is 2.50. The van der Waals surface area contributed by atoms with E-state index in [4.69, 9.17) is 4.74 Å². The van der Waals surface area contributed by atoms with Gasteiger partial charge in [-0.3, -0.25) is 4.79 Å². The maximum Gasteiger partial charge on any atom is 0.323 e. The number of likely N-dealkylation sites (N-methyl/N-ethyl adjacent to an activating group) is 1. The zero-order valence-electron chi connectivity index (χ0n) is 9.21. The number of rotatable bonds is 4. The summed E-state index contributed by atoms with van der Waals surface area (Å²) in [5.41, 5.74) is 0. The van der Waals surface area contributed by atoms with Gasteiger partial charge >= 0.3 is 5.97 Å². The van der Waals surface area contributed by atoms with Gasteiger partial charge in [-0.1, -0.05) is 26.2 Å². The Morgan fingerprint density at radius 2 is 2.07 bits per heavy atom. The molecule has 0 aromatic rings. The van der Waals surface area contributed by atoms with Crippen molar-refractivity contribution in [2.75, 3.05) is 13.7 Å². The molecular weight excluding hydrogens is 178 g/mol. The Bertz CT molecular complexity index is 176. The number of methoxy groups -OCH3 is 1. The molecule has 1 aliphatic carbocycles. The molecule has 0 amide bonds. The van der Waals surface area contributed by atoms with Crippen LogP contribution in [0.25, 0.3) is 0 Å². The molecule has 82 valence electrons. The number of carbonyl (C=O) groups excluding carboxylic acids is 1. The van der Waals surface area contributed by atoms with Crippen LogP contribution in [0.2, 0.25) is 0 Å². The minimum absolute atomic E-state index is 0.0784. The third-order valence-electron chi connectivity index (χ3n) is 3.00. The van der Waals surface area contributed by atoms with Gasteiger partial charge in [0.15, 0.2) is 0 Å². The maximum atomic E-state index is 11.5. The summed E-state index contributed by atoms with van der Waals surface area (Å²) in [6.07, 6.45) is 6.14. The summed E-state index contributed by atoms with van der Waals surface area (Å²) in [6, 6.07) is -0.0784. The number of hydrogen-bond acceptors (Lipinski definition) is 3. The Labute approximate surface area is 86.2 Å². The molecule has 1 N–H and O–H groups in total. The van der Waals surface area contributed by atoms with Gasteiger partial charge in [0, 0.05) is 0 Å². The van der Waals surface area contributed by atoms with Crippen LogP contribution in [0.1, 0.15) is 39.0 Å². The van der Waals surface area contributed by atoms with Crippen LogP contribution in [0.5, 0.6) is 0 Å². The van der Waals surface area contributed by atoms with E-state index in [-0.39, 0.29) is 12.0 Å². The minimum Gasteiger partial charge on any atom is -0.468 e. The summed E-state index contributed by atoms with van der Waals surface area (Å²) in [7, 11) is 1.47. The SMILES string of the molecule is CCNC(C(=O)OC)C1CCCCC1. The fourth-order valence-corrected chi connectivity index (χ4v) is 2.26. The van der Waals surface area contributed by atoms with Crippen LogP contribution in [0.3, 0.4) is 0 Å². The predicted molar refractivity (Wildman–Crippen MR) is 56.1 cm³/mol. The van der Waals surface area contributed by atoms with Gasteiger partial charge in [-0.25, -0.2) is 0 Å². The summed E-state index contributed by atoms with van der Waals surface area (Å²) < 4.78 is 4.82. The summed E-state index contributed by atoms with van der Waals surface area (Å²) in [4.78, 5) is 11.5. The molecule has 0 saturated heterocycles. The second kappa shape index (κ2) is 6.02. The van der Waals surface area contributed by atoms with E-state index in [1.165, 1.54) is 26.4 Å². The fourth-order valence-electron chi connectivity index (χ4n) is 2.26. The van der Waals surface area contributed by atoms with E-state index in [0.29, 0.717) is 5.92 Å². The average Bonchev–Trinajstić information content (AvgIpc) is 2.26. The van der Waals surface area contributed by atoms with Gasteiger partial charge < -0.3 is 10.1 Å². The average molecular weight is 199 g/mol. The third kappa shape index (κ3) is 2.98. The van der Waals surface area contributed by atoms with Crippen molar-refractivity contribution in [3.05, 3.63) is 0 Å². The molecule has 0 aromatic heterocycles. The van der Waals surface area contributed by atoms with Crippen molar-refractivity contribution in [2.24, 2.45) is 5.92 Å². The molecule has 0 aliphatic heterocycles. The van der Waals surface area contributed by atoms with Gasteiger partial charge in [-0.15, -0.1) is 0 Å². The van der Waals surface area contributed by atoms with Crippen LogP contribution in [-0.2, 0) is 9.53 Å². The van der Waals surface area contributed by atoms with Gasteiger partial charge in [0.25, 0.3) is 0 Å². The molecule has 1 atom stereocenters. The topological polar surface area (TPSA) is 38.3 Å². The smallest absolute Gasteiger partial charge is 0.323 e. The molecule has 3 nitrogen and oxygen atoms in total. The van der Waals surface area contributed by atoms with Crippen molar-refractivity contribution < 1.29 is 9.53 Å². The summed E-state index contributed by atoms with van der Waals surface area (Å²) in [6.45, 7) is 2.86. The highest BCUT2D eigenvalue weighted by Crippen LogP contribution is 2.26. The van der Waals surface area contributed by atoms with Crippen molar-refractivity contribution in [3.63, 3.8) is 0 Å². The molecular formula is C11H21NO2. The van der Waals surface area contributed by atoms with Gasteiger partial charge in [0.2, 0.25) is 0 Å². The highest BCUT2D eigenvalue weighted by molar-refractivity contribution is 5.76. The Kier molecular flexibility index (Phi) is 4.94. The summed E-state index contributed by atoms with van der Waals surface area (Å²) in [5.74, 6) is 0.384. The zero-order valence-corrected chi connectivity index (χ0v) is 9.21. The highest BCUT2D eigenvalue weighted by atomic mass is 16.5. The molecule has 0 bridgehead atoms. The minimum atomic E-state index is -0.0984. The van der Waals surface area contributed by atoms with E-state index >= 15 is 0 Å². The lowest BCUT2D eigenvalue weighted by Crippen LogP contribution is -2.44. The van der Waals surface area contributed by atoms with Gasteiger partial charge in [0.1, 0.15) is 6.04 Å². The third-order valence-corrected chi connectivity index (χ3v) is 3.00. The molecule has 1 rings (SSSR count). The highest BCUT2D eigenvalue weighted by Gasteiger charge is 2.29. The summed E-state index contributed by atoms with van der Waals surface area (Å²) in [5, 5.41) is 3.23. The molecule has 1 aliphatic rings. The summed E-state index contributed by atoms with van der Waals surface area (Å²) >= 11 is 0. The molecule has 0 aromatic carbocycles. The monoisotopic (exact) mass is 199 g/mol. The Hall–Kier alpha value is -0.570. The number of ether oxygens (including phenoxy) is 1. The Morgan fingerprint density at radius 1 is 1.43 bits per heavy atom. The number of hydrogen-bond donors (Lipinski definition) is 1. The lowest BCUT2D eigenvalue weighted by molar-refractivity contribution is -0.145. The fraction of sp³-hybridized carbons (Fsp3) is 0.909. The van der Waals surface area contributed by atoms with Crippen molar-refractivity contribution in [1.82, 2.24) is 5.32 Å². The zero-order chi connectivity index (χ0) is 10.4. The van der Waals surface area contributed by atoms with E-state index in [9.17, 15) is 4.79 Å². The first kappa shape index (κ1) is 11.5. The molecule has 3 heteroatoms. The lowest BCUT2D eigenvalue weighted by Gasteiger charge is -2.28. The first-order valence-electron chi connectivity index (χ1n) is 5.60. The van der Waals surface area contributed by atoms with Gasteiger partial charge in [0.05, 0.1) is 7.11 Å². The van der Waals surface area contributed by atoms with Crippen molar-refractivity contribution in [1.29, 1.82) is 0 Å². The maximum absolute atomic E-state index is 11.5. The van der Waals surface area contributed by atoms with E-state index in [1.807, 2.05) is 6.92 Å². The molecule has 0 spiro atoms. The quantitative estimate of drug-likeness (QED) is 0.701. The predicted octanol–water partition coefficient (Wildman–Crippen LogP) is 1.72. The molecule has 1 fully saturated rings. The van der Waals surface area contributed by atoms with Crippen LogP contribution in [-0.4, -0.2) is 25.7 Å². The van der Waals surface area contributed by atoms with Gasteiger partial charge in [-0.05, 0) is 25.3 Å². The van der Waals surface area contributed by atoms with Crippen molar-refractivity contribution >= 4 is 5.97 Å². The lowest BCUT2D eigenvalue weighted by atomic mass is 9.84. The van der Waals surface area contributed by atoms with Crippen LogP contribution in [0.4, 0.5) is 0 Å². The van der Waals surface area contributed by atoms with Gasteiger partial charge in [-0.2, -0.15) is 0 Å². The number of carbonyl (C=O) groups is 1. The first-order valence-corrected chi connectivity index (χ1v) is 5.60.